The Morgan fingerprint density at radius 2 is 1.49 bits per heavy atom. The van der Waals surface area contributed by atoms with Crippen molar-refractivity contribution in [2.45, 2.75) is 9.99 Å². The molecular formula is C25H18ClN3O6S2. The summed E-state index contributed by atoms with van der Waals surface area (Å²) in [7, 11) is -8.30. The fraction of sp³-hybridized carbons (Fsp3) is 0. The van der Waals surface area contributed by atoms with Gasteiger partial charge in [-0.2, -0.15) is 8.42 Å². The highest BCUT2D eigenvalue weighted by molar-refractivity contribution is 7.93. The van der Waals surface area contributed by atoms with Gasteiger partial charge < -0.3 is 9.15 Å². The topological polar surface area (TPSA) is 128 Å². The molecule has 0 saturated heterocycles. The van der Waals surface area contributed by atoms with Crippen molar-refractivity contribution >= 4 is 54.0 Å². The van der Waals surface area contributed by atoms with Crippen molar-refractivity contribution in [1.82, 2.24) is 4.98 Å². The molecule has 9 nitrogen and oxygen atoms in total. The van der Waals surface area contributed by atoms with E-state index in [0.717, 1.165) is 0 Å². The molecule has 0 atom stereocenters. The number of fused-ring (bicyclic) bond motifs is 1. The average Bonchev–Trinajstić information content (AvgIpc) is 3.32. The van der Waals surface area contributed by atoms with Crippen LogP contribution in [0, 0.1) is 0 Å². The predicted octanol–water partition coefficient (Wildman–Crippen LogP) is 5.88. The minimum absolute atomic E-state index is 0.0297. The average molecular weight is 556 g/mol. The third-order valence-electron chi connectivity index (χ3n) is 5.13. The highest BCUT2D eigenvalue weighted by atomic mass is 35.5. The van der Waals surface area contributed by atoms with Crippen LogP contribution >= 0.6 is 11.6 Å². The lowest BCUT2D eigenvalue weighted by atomic mass is 10.3. The maximum absolute atomic E-state index is 13.1. The Hall–Kier alpha value is -4.06. The first-order valence-electron chi connectivity index (χ1n) is 10.7. The van der Waals surface area contributed by atoms with Crippen LogP contribution < -0.4 is 14.2 Å². The molecule has 2 aromatic heterocycles. The number of nitrogens with one attached hydrogen (secondary N) is 2. The van der Waals surface area contributed by atoms with Crippen LogP contribution in [0.2, 0.25) is 5.02 Å². The SMILES string of the molecule is O=S(=O)(Nc1ccc(Cl)cc1NS(=O)(=O)c1cc2ccccc2o1)c1ccc(Oc2ccccn2)cc1. The van der Waals surface area contributed by atoms with Crippen LogP contribution in [0.25, 0.3) is 11.0 Å². The quantitative estimate of drug-likeness (QED) is 0.245. The van der Waals surface area contributed by atoms with Gasteiger partial charge >= 0.3 is 0 Å². The number of ether oxygens (including phenoxy) is 1. The molecule has 37 heavy (non-hydrogen) atoms. The van der Waals surface area contributed by atoms with Gasteiger partial charge in [0.2, 0.25) is 11.0 Å². The molecule has 0 aliphatic carbocycles. The van der Waals surface area contributed by atoms with Crippen molar-refractivity contribution in [3.8, 4) is 11.6 Å². The third kappa shape index (κ3) is 5.53. The number of furan rings is 1. The molecule has 5 rings (SSSR count). The van der Waals surface area contributed by atoms with Crippen molar-refractivity contribution in [1.29, 1.82) is 0 Å². The molecule has 5 aromatic rings. The van der Waals surface area contributed by atoms with E-state index in [4.69, 9.17) is 20.8 Å². The number of anilines is 2. The van der Waals surface area contributed by atoms with Gasteiger partial charge in [-0.25, -0.2) is 13.4 Å². The molecule has 3 aromatic carbocycles. The fourth-order valence-electron chi connectivity index (χ4n) is 3.39. The summed E-state index contributed by atoms with van der Waals surface area (Å²) in [6.07, 6.45) is 1.57. The summed E-state index contributed by atoms with van der Waals surface area (Å²) in [6, 6.07) is 23.1. The number of aromatic nitrogens is 1. The van der Waals surface area contributed by atoms with Gasteiger partial charge in [-0.05, 0) is 54.6 Å². The molecular weight excluding hydrogens is 538 g/mol. The Labute approximate surface area is 217 Å². The van der Waals surface area contributed by atoms with Gasteiger partial charge in [0.15, 0.2) is 0 Å². The van der Waals surface area contributed by atoms with E-state index in [1.54, 1.807) is 48.7 Å². The summed E-state index contributed by atoms with van der Waals surface area (Å²) >= 11 is 6.07. The minimum atomic E-state index is -4.20. The first-order chi connectivity index (χ1) is 17.7. The summed E-state index contributed by atoms with van der Waals surface area (Å²) in [5, 5.41) is 0.470. The molecule has 188 valence electrons. The summed E-state index contributed by atoms with van der Waals surface area (Å²) < 4.78 is 68.0. The van der Waals surface area contributed by atoms with Crippen LogP contribution in [0.3, 0.4) is 0 Å². The van der Waals surface area contributed by atoms with E-state index in [1.807, 2.05) is 0 Å². The van der Waals surface area contributed by atoms with E-state index in [2.05, 4.69) is 14.4 Å². The Morgan fingerprint density at radius 3 is 2.22 bits per heavy atom. The van der Waals surface area contributed by atoms with Crippen molar-refractivity contribution in [2.24, 2.45) is 0 Å². The smallest absolute Gasteiger partial charge is 0.295 e. The Bertz CT molecular complexity index is 1760. The summed E-state index contributed by atoms with van der Waals surface area (Å²) in [6.45, 7) is 0. The number of hydrogen-bond acceptors (Lipinski definition) is 7. The van der Waals surface area contributed by atoms with E-state index >= 15 is 0 Å². The maximum Gasteiger partial charge on any atom is 0.295 e. The van der Waals surface area contributed by atoms with Gasteiger partial charge in [0, 0.05) is 28.7 Å². The van der Waals surface area contributed by atoms with Crippen LogP contribution in [-0.2, 0) is 20.0 Å². The van der Waals surface area contributed by atoms with Gasteiger partial charge in [0.05, 0.1) is 16.3 Å². The molecule has 2 heterocycles. The van der Waals surface area contributed by atoms with Gasteiger partial charge in [0.1, 0.15) is 11.3 Å². The predicted molar refractivity (Wildman–Crippen MR) is 140 cm³/mol. The molecule has 12 heteroatoms. The number of hydrogen-bond donors (Lipinski definition) is 2. The number of para-hydroxylation sites is 1. The van der Waals surface area contributed by atoms with Crippen LogP contribution in [0.5, 0.6) is 11.6 Å². The highest BCUT2D eigenvalue weighted by Gasteiger charge is 2.23. The minimum Gasteiger partial charge on any atom is -0.443 e. The zero-order valence-corrected chi connectivity index (χ0v) is 21.2. The molecule has 0 spiro atoms. The first kappa shape index (κ1) is 24.6. The van der Waals surface area contributed by atoms with Crippen LogP contribution in [-0.4, -0.2) is 21.8 Å². The fourth-order valence-corrected chi connectivity index (χ4v) is 5.69. The van der Waals surface area contributed by atoms with E-state index < -0.39 is 20.0 Å². The van der Waals surface area contributed by atoms with E-state index in [-0.39, 0.29) is 26.4 Å². The molecule has 2 N–H and O–H groups in total. The van der Waals surface area contributed by atoms with Crippen molar-refractivity contribution in [2.75, 3.05) is 9.44 Å². The van der Waals surface area contributed by atoms with Crippen LogP contribution in [0.1, 0.15) is 0 Å². The van der Waals surface area contributed by atoms with Crippen LogP contribution in [0.15, 0.2) is 112 Å². The molecule has 0 unspecified atom stereocenters. The highest BCUT2D eigenvalue weighted by Crippen LogP contribution is 2.32. The van der Waals surface area contributed by atoms with Gasteiger partial charge in [-0.15, -0.1) is 0 Å². The van der Waals surface area contributed by atoms with Crippen molar-refractivity contribution < 1.29 is 26.0 Å². The summed E-state index contributed by atoms with van der Waals surface area (Å²) in [5.74, 6) is 0.752. The lowest BCUT2D eigenvalue weighted by molar-refractivity contribution is 0.462. The van der Waals surface area contributed by atoms with Crippen LogP contribution in [0.4, 0.5) is 11.4 Å². The largest absolute Gasteiger partial charge is 0.443 e. The van der Waals surface area contributed by atoms with Crippen molar-refractivity contribution in [3.05, 3.63) is 102 Å². The second-order valence-corrected chi connectivity index (χ2v) is 11.5. The van der Waals surface area contributed by atoms with E-state index in [0.29, 0.717) is 22.6 Å². The molecule has 0 radical (unpaired) electrons. The zero-order valence-electron chi connectivity index (χ0n) is 18.8. The summed E-state index contributed by atoms with van der Waals surface area (Å²) in [4.78, 5) is 3.99. The zero-order chi connectivity index (χ0) is 26.0. The second kappa shape index (κ2) is 9.77. The maximum atomic E-state index is 13.1. The Balaban J connectivity index is 1.39. The van der Waals surface area contributed by atoms with E-state index in [9.17, 15) is 16.8 Å². The Morgan fingerprint density at radius 1 is 0.757 bits per heavy atom. The van der Waals surface area contributed by atoms with Gasteiger partial charge in [-0.1, -0.05) is 35.9 Å². The normalized spacial score (nSPS) is 11.8. The van der Waals surface area contributed by atoms with Gasteiger partial charge in [0.25, 0.3) is 20.0 Å². The van der Waals surface area contributed by atoms with E-state index in [1.165, 1.54) is 48.5 Å². The number of nitrogens with zero attached hydrogens (tertiary/aromatic N) is 1. The molecule has 0 aliphatic heterocycles. The number of pyridine rings is 1. The number of rotatable bonds is 8. The van der Waals surface area contributed by atoms with Crippen molar-refractivity contribution in [3.63, 3.8) is 0 Å². The molecule has 0 bridgehead atoms. The molecule has 0 aliphatic rings. The molecule has 0 amide bonds. The standard InChI is InChI=1S/C25H18ClN3O6S2/c26-18-8-13-21(22(16-18)29-37(32,33)25-15-17-5-1-2-6-23(17)35-25)28-36(30,31)20-11-9-19(10-12-20)34-24-7-3-4-14-27-24/h1-16,28-29H. The second-order valence-electron chi connectivity index (χ2n) is 7.75. The number of halogens is 1. The third-order valence-corrected chi connectivity index (χ3v) is 7.97. The first-order valence-corrected chi connectivity index (χ1v) is 14.1. The monoisotopic (exact) mass is 555 g/mol. The van der Waals surface area contributed by atoms with Gasteiger partial charge in [-0.3, -0.25) is 9.44 Å². The summed E-state index contributed by atoms with van der Waals surface area (Å²) in [5.41, 5.74) is 0.287. The lowest BCUT2D eigenvalue weighted by Gasteiger charge is -2.14. The molecule has 0 saturated carbocycles. The number of sulfonamides is 2. The molecule has 0 fully saturated rings. The Kier molecular flexibility index (Phi) is 6.50. The number of benzene rings is 3. The lowest BCUT2D eigenvalue weighted by Crippen LogP contribution is -2.17.